The predicted molar refractivity (Wildman–Crippen MR) is 78.0 cm³/mol. The van der Waals surface area contributed by atoms with Gasteiger partial charge in [-0.2, -0.15) is 0 Å². The Labute approximate surface area is 125 Å². The molecule has 0 saturated heterocycles. The maximum atomic E-state index is 12.0. The number of carbonyl (C=O) groups excluding carboxylic acids is 2. The number of nitrogens with zero attached hydrogens (tertiary/aromatic N) is 3. The highest BCUT2D eigenvalue weighted by molar-refractivity contribution is 5.88. The number of hydrogen-bond acceptors (Lipinski definition) is 5. The second kappa shape index (κ2) is 7.75. The summed E-state index contributed by atoms with van der Waals surface area (Å²) >= 11 is 0. The Morgan fingerprint density at radius 1 is 1.33 bits per heavy atom. The standard InChI is InChI=1S/C14H24N4O3/c1-6-7-10(4)15-11(19)8-18-13(9(2)3)12(16-17-18)14(20)21-5/h9-10H,6-8H2,1-5H3,(H,15,19). The highest BCUT2D eigenvalue weighted by atomic mass is 16.5. The van der Waals surface area contributed by atoms with Gasteiger partial charge < -0.3 is 10.1 Å². The van der Waals surface area contributed by atoms with Gasteiger partial charge in [0, 0.05) is 6.04 Å². The number of rotatable bonds is 7. The van der Waals surface area contributed by atoms with Crippen LogP contribution in [0.2, 0.25) is 0 Å². The van der Waals surface area contributed by atoms with Gasteiger partial charge in [-0.3, -0.25) is 4.79 Å². The van der Waals surface area contributed by atoms with Gasteiger partial charge in [-0.05, 0) is 19.3 Å². The van der Waals surface area contributed by atoms with Crippen LogP contribution >= 0.6 is 0 Å². The van der Waals surface area contributed by atoms with Crippen LogP contribution in [0.3, 0.4) is 0 Å². The first-order chi connectivity index (χ1) is 9.90. The quantitative estimate of drug-likeness (QED) is 0.770. The number of nitrogens with one attached hydrogen (secondary N) is 1. The average Bonchev–Trinajstić information content (AvgIpc) is 2.81. The van der Waals surface area contributed by atoms with E-state index in [0.29, 0.717) is 5.69 Å². The molecule has 1 N–H and O–H groups in total. The molecular formula is C14H24N4O3. The van der Waals surface area contributed by atoms with E-state index < -0.39 is 5.97 Å². The largest absolute Gasteiger partial charge is 0.464 e. The first-order valence-corrected chi connectivity index (χ1v) is 7.21. The number of esters is 1. The van der Waals surface area contributed by atoms with E-state index in [1.54, 1.807) is 0 Å². The molecule has 1 amide bonds. The van der Waals surface area contributed by atoms with E-state index in [9.17, 15) is 9.59 Å². The zero-order valence-corrected chi connectivity index (χ0v) is 13.3. The van der Waals surface area contributed by atoms with E-state index in [1.807, 2.05) is 20.8 Å². The van der Waals surface area contributed by atoms with Crippen molar-refractivity contribution in [3.8, 4) is 0 Å². The summed E-state index contributed by atoms with van der Waals surface area (Å²) in [5.41, 5.74) is 0.780. The number of hydrogen-bond donors (Lipinski definition) is 1. The van der Waals surface area contributed by atoms with Crippen molar-refractivity contribution in [2.24, 2.45) is 0 Å². The lowest BCUT2D eigenvalue weighted by molar-refractivity contribution is -0.122. The molecule has 1 rings (SSSR count). The molecule has 0 fully saturated rings. The third kappa shape index (κ3) is 4.54. The number of ether oxygens (including phenoxy) is 1. The number of carbonyl (C=O) groups is 2. The predicted octanol–water partition coefficient (Wildman–Crippen LogP) is 1.49. The topological polar surface area (TPSA) is 86.1 Å². The molecule has 118 valence electrons. The second-order valence-corrected chi connectivity index (χ2v) is 5.38. The smallest absolute Gasteiger partial charge is 0.360 e. The molecule has 0 aromatic carbocycles. The lowest BCUT2D eigenvalue weighted by Gasteiger charge is -2.14. The Hall–Kier alpha value is -1.92. The Bertz CT molecular complexity index is 496. The minimum Gasteiger partial charge on any atom is -0.464 e. The number of aromatic nitrogens is 3. The molecule has 0 bridgehead atoms. The van der Waals surface area contributed by atoms with E-state index in [0.717, 1.165) is 12.8 Å². The molecule has 1 unspecified atom stereocenters. The van der Waals surface area contributed by atoms with Crippen LogP contribution in [0.15, 0.2) is 0 Å². The van der Waals surface area contributed by atoms with Gasteiger partial charge in [0.2, 0.25) is 5.91 Å². The van der Waals surface area contributed by atoms with Gasteiger partial charge in [-0.1, -0.05) is 32.4 Å². The van der Waals surface area contributed by atoms with Crippen LogP contribution in [0.25, 0.3) is 0 Å². The first kappa shape index (κ1) is 17.1. The molecule has 0 saturated carbocycles. The van der Waals surface area contributed by atoms with Crippen LogP contribution in [0.5, 0.6) is 0 Å². The van der Waals surface area contributed by atoms with Crippen LogP contribution in [-0.2, 0) is 16.1 Å². The molecule has 1 aromatic rings. The summed E-state index contributed by atoms with van der Waals surface area (Å²) in [7, 11) is 1.30. The van der Waals surface area contributed by atoms with E-state index >= 15 is 0 Å². The van der Waals surface area contributed by atoms with Crippen molar-refractivity contribution in [1.82, 2.24) is 20.3 Å². The molecular weight excluding hydrogens is 272 g/mol. The molecule has 7 heteroatoms. The fourth-order valence-electron chi connectivity index (χ4n) is 2.21. The summed E-state index contributed by atoms with van der Waals surface area (Å²) in [6, 6.07) is 0.119. The van der Waals surface area contributed by atoms with Gasteiger partial charge in [-0.15, -0.1) is 5.10 Å². The van der Waals surface area contributed by atoms with Crippen molar-refractivity contribution in [3.63, 3.8) is 0 Å². The van der Waals surface area contributed by atoms with Gasteiger partial charge in [0.1, 0.15) is 6.54 Å². The fraction of sp³-hybridized carbons (Fsp3) is 0.714. The molecule has 0 aliphatic rings. The van der Waals surface area contributed by atoms with Crippen LogP contribution in [-0.4, -0.2) is 40.0 Å². The van der Waals surface area contributed by atoms with Crippen molar-refractivity contribution in [2.45, 2.75) is 59.0 Å². The summed E-state index contributed by atoms with van der Waals surface area (Å²) in [6.07, 6.45) is 1.93. The van der Waals surface area contributed by atoms with Crippen molar-refractivity contribution in [1.29, 1.82) is 0 Å². The highest BCUT2D eigenvalue weighted by Gasteiger charge is 2.23. The average molecular weight is 296 g/mol. The molecule has 0 aliphatic heterocycles. The monoisotopic (exact) mass is 296 g/mol. The third-order valence-electron chi connectivity index (χ3n) is 3.12. The van der Waals surface area contributed by atoms with Crippen molar-refractivity contribution in [2.75, 3.05) is 7.11 Å². The first-order valence-electron chi connectivity index (χ1n) is 7.21. The van der Waals surface area contributed by atoms with E-state index in [2.05, 4.69) is 27.3 Å². The third-order valence-corrected chi connectivity index (χ3v) is 3.12. The van der Waals surface area contributed by atoms with Gasteiger partial charge in [0.15, 0.2) is 5.69 Å². The van der Waals surface area contributed by atoms with E-state index in [-0.39, 0.29) is 30.1 Å². The van der Waals surface area contributed by atoms with Crippen LogP contribution in [0.4, 0.5) is 0 Å². The molecule has 7 nitrogen and oxygen atoms in total. The van der Waals surface area contributed by atoms with Gasteiger partial charge in [-0.25, -0.2) is 9.48 Å². The Kier molecular flexibility index (Phi) is 6.33. The fourth-order valence-corrected chi connectivity index (χ4v) is 2.21. The minimum absolute atomic E-state index is 0.00923. The molecule has 1 aromatic heterocycles. The lowest BCUT2D eigenvalue weighted by atomic mass is 10.1. The Morgan fingerprint density at radius 3 is 2.52 bits per heavy atom. The lowest BCUT2D eigenvalue weighted by Crippen LogP contribution is -2.35. The zero-order valence-electron chi connectivity index (χ0n) is 13.3. The SMILES string of the molecule is CCCC(C)NC(=O)Cn1nnc(C(=O)OC)c1C(C)C. The second-order valence-electron chi connectivity index (χ2n) is 5.38. The molecule has 1 atom stereocenters. The minimum atomic E-state index is -0.537. The van der Waals surface area contributed by atoms with Crippen LogP contribution < -0.4 is 5.32 Å². The van der Waals surface area contributed by atoms with Crippen molar-refractivity contribution < 1.29 is 14.3 Å². The summed E-state index contributed by atoms with van der Waals surface area (Å²) in [6.45, 7) is 7.91. The normalized spacial score (nSPS) is 12.3. The Balaban J connectivity index is 2.86. The summed E-state index contributed by atoms with van der Waals surface area (Å²) in [4.78, 5) is 23.7. The summed E-state index contributed by atoms with van der Waals surface area (Å²) in [5.74, 6) is -0.668. The maximum absolute atomic E-state index is 12.0. The van der Waals surface area contributed by atoms with Gasteiger partial charge >= 0.3 is 5.97 Å². The highest BCUT2D eigenvalue weighted by Crippen LogP contribution is 2.18. The van der Waals surface area contributed by atoms with Gasteiger partial charge in [0.25, 0.3) is 0 Å². The molecule has 0 spiro atoms. The van der Waals surface area contributed by atoms with Crippen molar-refractivity contribution >= 4 is 11.9 Å². The van der Waals surface area contributed by atoms with Crippen LogP contribution in [0.1, 0.15) is 62.6 Å². The van der Waals surface area contributed by atoms with Crippen molar-refractivity contribution in [3.05, 3.63) is 11.4 Å². The number of methoxy groups -OCH3 is 1. The Morgan fingerprint density at radius 2 is 2.00 bits per heavy atom. The summed E-state index contributed by atoms with van der Waals surface area (Å²) < 4.78 is 6.15. The van der Waals surface area contributed by atoms with E-state index in [4.69, 9.17) is 0 Å². The summed E-state index contributed by atoms with van der Waals surface area (Å²) in [5, 5.41) is 10.6. The molecule has 1 heterocycles. The number of amides is 1. The van der Waals surface area contributed by atoms with Crippen LogP contribution in [0, 0.1) is 0 Å². The molecule has 21 heavy (non-hydrogen) atoms. The maximum Gasteiger partial charge on any atom is 0.360 e. The molecule has 0 radical (unpaired) electrons. The zero-order chi connectivity index (χ0) is 16.0. The van der Waals surface area contributed by atoms with Gasteiger partial charge in [0.05, 0.1) is 12.8 Å². The molecule has 0 aliphatic carbocycles. The van der Waals surface area contributed by atoms with E-state index in [1.165, 1.54) is 11.8 Å².